The van der Waals surface area contributed by atoms with Crippen molar-refractivity contribution in [3.05, 3.63) is 35.4 Å². The predicted octanol–water partition coefficient (Wildman–Crippen LogP) is 3.47. The molecule has 0 heterocycles. The minimum absolute atomic E-state index is 0.137. The minimum atomic E-state index is -0.340. The molecule has 2 atom stereocenters. The fourth-order valence-corrected chi connectivity index (χ4v) is 2.01. The highest BCUT2D eigenvalue weighted by atomic mass is 16.1. The van der Waals surface area contributed by atoms with Crippen LogP contribution in [0.2, 0.25) is 0 Å². The van der Waals surface area contributed by atoms with Crippen LogP contribution < -0.4 is 5.73 Å². The summed E-state index contributed by atoms with van der Waals surface area (Å²) in [4.78, 5) is 12.1. The Labute approximate surface area is 117 Å². The molecule has 0 bridgehead atoms. The summed E-state index contributed by atoms with van der Waals surface area (Å²) in [5.41, 5.74) is 8.46. The van der Waals surface area contributed by atoms with Crippen molar-refractivity contribution < 1.29 is 4.79 Å². The smallest absolute Gasteiger partial charge is 0.154 e. The highest BCUT2D eigenvalue weighted by Gasteiger charge is 2.19. The molecule has 1 aromatic rings. The van der Waals surface area contributed by atoms with Gasteiger partial charge in [-0.3, -0.25) is 4.79 Å². The third-order valence-electron chi connectivity index (χ3n) is 3.83. The summed E-state index contributed by atoms with van der Waals surface area (Å²) in [5.74, 6) is 0.388. The van der Waals surface area contributed by atoms with Gasteiger partial charge in [0.05, 0.1) is 6.04 Å². The number of Topliss-reactive ketones (excluding diaryl/α,β-unsaturated/α-hetero) is 1. The lowest BCUT2D eigenvalue weighted by molar-refractivity contribution is -0.120. The van der Waals surface area contributed by atoms with E-state index in [0.717, 1.165) is 12.0 Å². The molecule has 0 fully saturated rings. The molecule has 1 aromatic carbocycles. The first-order valence-electron chi connectivity index (χ1n) is 7.13. The van der Waals surface area contributed by atoms with E-state index in [1.54, 1.807) is 0 Å². The van der Waals surface area contributed by atoms with Crippen LogP contribution in [-0.2, 0) is 16.6 Å². The third-order valence-corrected chi connectivity index (χ3v) is 3.83. The molecule has 19 heavy (non-hydrogen) atoms. The molecule has 0 spiro atoms. The molecule has 0 saturated heterocycles. The summed E-state index contributed by atoms with van der Waals surface area (Å²) in [6.45, 7) is 10.7. The largest absolute Gasteiger partial charge is 0.321 e. The van der Waals surface area contributed by atoms with E-state index in [0.29, 0.717) is 6.42 Å². The van der Waals surface area contributed by atoms with Crippen molar-refractivity contribution in [2.75, 3.05) is 0 Å². The number of benzene rings is 1. The Kier molecular flexibility index (Phi) is 5.30. The SMILES string of the molecule is CCC(C)C(N)C(=O)Cc1ccc(C(C)(C)C)cc1. The monoisotopic (exact) mass is 261 g/mol. The van der Waals surface area contributed by atoms with Crippen molar-refractivity contribution in [3.8, 4) is 0 Å². The van der Waals surface area contributed by atoms with E-state index in [9.17, 15) is 4.79 Å². The van der Waals surface area contributed by atoms with Gasteiger partial charge >= 0.3 is 0 Å². The summed E-state index contributed by atoms with van der Waals surface area (Å²) in [6.07, 6.45) is 1.38. The summed E-state index contributed by atoms with van der Waals surface area (Å²) in [6, 6.07) is 7.96. The zero-order chi connectivity index (χ0) is 14.6. The van der Waals surface area contributed by atoms with Crippen molar-refractivity contribution in [2.24, 2.45) is 11.7 Å². The van der Waals surface area contributed by atoms with Gasteiger partial charge in [-0.05, 0) is 22.5 Å². The van der Waals surface area contributed by atoms with Gasteiger partial charge < -0.3 is 5.73 Å². The van der Waals surface area contributed by atoms with Gasteiger partial charge in [-0.15, -0.1) is 0 Å². The van der Waals surface area contributed by atoms with Crippen molar-refractivity contribution in [1.29, 1.82) is 0 Å². The second kappa shape index (κ2) is 6.33. The topological polar surface area (TPSA) is 43.1 Å². The molecule has 0 aromatic heterocycles. The summed E-state index contributed by atoms with van der Waals surface area (Å²) in [5, 5.41) is 0. The maximum Gasteiger partial charge on any atom is 0.154 e. The summed E-state index contributed by atoms with van der Waals surface area (Å²) < 4.78 is 0. The molecule has 0 saturated carbocycles. The van der Waals surface area contributed by atoms with E-state index in [-0.39, 0.29) is 23.2 Å². The molecule has 2 nitrogen and oxygen atoms in total. The Hall–Kier alpha value is -1.15. The molecular weight excluding hydrogens is 234 g/mol. The maximum absolute atomic E-state index is 12.1. The molecular formula is C17H27NO. The van der Waals surface area contributed by atoms with Gasteiger partial charge in [-0.1, -0.05) is 65.3 Å². The van der Waals surface area contributed by atoms with E-state index in [2.05, 4.69) is 39.8 Å². The van der Waals surface area contributed by atoms with Crippen LogP contribution in [-0.4, -0.2) is 11.8 Å². The summed E-state index contributed by atoms with van der Waals surface area (Å²) >= 11 is 0. The normalized spacial score (nSPS) is 15.1. The Balaban J connectivity index is 2.71. The Morgan fingerprint density at radius 3 is 2.16 bits per heavy atom. The first-order chi connectivity index (χ1) is 8.75. The zero-order valence-corrected chi connectivity index (χ0v) is 12.9. The highest BCUT2D eigenvalue weighted by Crippen LogP contribution is 2.22. The fourth-order valence-electron chi connectivity index (χ4n) is 2.01. The lowest BCUT2D eigenvalue weighted by Gasteiger charge is -2.20. The molecule has 0 amide bonds. The van der Waals surface area contributed by atoms with E-state index in [4.69, 9.17) is 5.73 Å². The van der Waals surface area contributed by atoms with Gasteiger partial charge in [0, 0.05) is 6.42 Å². The van der Waals surface area contributed by atoms with E-state index in [1.165, 1.54) is 5.56 Å². The molecule has 106 valence electrons. The van der Waals surface area contributed by atoms with Gasteiger partial charge in [0.15, 0.2) is 5.78 Å². The molecule has 0 aliphatic carbocycles. The van der Waals surface area contributed by atoms with Crippen molar-refractivity contribution in [3.63, 3.8) is 0 Å². The van der Waals surface area contributed by atoms with Crippen LogP contribution in [0.4, 0.5) is 0 Å². The number of carbonyl (C=O) groups excluding carboxylic acids is 1. The number of ketones is 1. The maximum atomic E-state index is 12.1. The molecule has 0 aliphatic heterocycles. The van der Waals surface area contributed by atoms with E-state index in [1.807, 2.05) is 19.1 Å². The van der Waals surface area contributed by atoms with Crippen LogP contribution in [0.25, 0.3) is 0 Å². The first kappa shape index (κ1) is 15.9. The predicted molar refractivity (Wildman–Crippen MR) is 81.3 cm³/mol. The molecule has 0 aliphatic rings. The highest BCUT2D eigenvalue weighted by molar-refractivity contribution is 5.86. The van der Waals surface area contributed by atoms with Crippen molar-refractivity contribution in [2.45, 2.75) is 58.9 Å². The molecule has 2 N–H and O–H groups in total. The Morgan fingerprint density at radius 1 is 1.21 bits per heavy atom. The van der Waals surface area contributed by atoms with Crippen LogP contribution >= 0.6 is 0 Å². The molecule has 2 unspecified atom stereocenters. The van der Waals surface area contributed by atoms with Gasteiger partial charge in [-0.25, -0.2) is 0 Å². The number of nitrogens with two attached hydrogens (primary N) is 1. The Bertz CT molecular complexity index is 414. The van der Waals surface area contributed by atoms with Crippen LogP contribution in [0.3, 0.4) is 0 Å². The van der Waals surface area contributed by atoms with Crippen LogP contribution in [0.15, 0.2) is 24.3 Å². The number of carbonyl (C=O) groups is 1. The lowest BCUT2D eigenvalue weighted by atomic mass is 9.86. The van der Waals surface area contributed by atoms with E-state index >= 15 is 0 Å². The number of hydrogen-bond donors (Lipinski definition) is 1. The Morgan fingerprint density at radius 2 is 1.74 bits per heavy atom. The fraction of sp³-hybridized carbons (Fsp3) is 0.588. The average Bonchev–Trinajstić information content (AvgIpc) is 2.36. The second-order valence-corrected chi connectivity index (χ2v) is 6.50. The second-order valence-electron chi connectivity index (χ2n) is 6.50. The van der Waals surface area contributed by atoms with Crippen LogP contribution in [0.1, 0.15) is 52.2 Å². The standard InChI is InChI=1S/C17H27NO/c1-6-12(2)16(18)15(19)11-13-7-9-14(10-8-13)17(3,4)5/h7-10,12,16H,6,11,18H2,1-5H3. The number of rotatable bonds is 5. The van der Waals surface area contributed by atoms with Gasteiger partial charge in [-0.2, -0.15) is 0 Å². The minimum Gasteiger partial charge on any atom is -0.321 e. The van der Waals surface area contributed by atoms with Crippen LogP contribution in [0, 0.1) is 5.92 Å². The van der Waals surface area contributed by atoms with Gasteiger partial charge in [0.1, 0.15) is 0 Å². The van der Waals surface area contributed by atoms with Gasteiger partial charge in [0.2, 0.25) is 0 Å². The zero-order valence-electron chi connectivity index (χ0n) is 12.9. The number of hydrogen-bond acceptors (Lipinski definition) is 2. The molecule has 2 heteroatoms. The van der Waals surface area contributed by atoms with Gasteiger partial charge in [0.25, 0.3) is 0 Å². The first-order valence-corrected chi connectivity index (χ1v) is 7.13. The van der Waals surface area contributed by atoms with E-state index < -0.39 is 0 Å². The molecule has 1 rings (SSSR count). The van der Waals surface area contributed by atoms with Crippen LogP contribution in [0.5, 0.6) is 0 Å². The average molecular weight is 261 g/mol. The van der Waals surface area contributed by atoms with Crippen molar-refractivity contribution >= 4 is 5.78 Å². The lowest BCUT2D eigenvalue weighted by Crippen LogP contribution is -2.37. The third kappa shape index (κ3) is 4.46. The van der Waals surface area contributed by atoms with Crippen molar-refractivity contribution in [1.82, 2.24) is 0 Å². The molecule has 0 radical (unpaired) electrons. The quantitative estimate of drug-likeness (QED) is 0.882. The summed E-state index contributed by atoms with van der Waals surface area (Å²) in [7, 11) is 0.